The van der Waals surface area contributed by atoms with Crippen LogP contribution in [0.5, 0.6) is 0 Å². The topological polar surface area (TPSA) is 35.5 Å². The Hall–Kier alpha value is -0.120. The number of nitrogens with one attached hydrogen (secondary N) is 1. The first-order chi connectivity index (χ1) is 9.24. The van der Waals surface area contributed by atoms with Gasteiger partial charge in [0.25, 0.3) is 0 Å². The van der Waals surface area contributed by atoms with E-state index in [1.165, 1.54) is 32.2 Å². The van der Waals surface area contributed by atoms with E-state index in [1.54, 1.807) is 0 Å². The highest BCUT2D eigenvalue weighted by Crippen LogP contribution is 2.32. The summed E-state index contributed by atoms with van der Waals surface area (Å²) in [7, 11) is 0. The van der Waals surface area contributed by atoms with Gasteiger partial charge in [-0.15, -0.1) is 0 Å². The maximum absolute atomic E-state index is 8.99. The van der Waals surface area contributed by atoms with E-state index in [-0.39, 0.29) is 0 Å². The molecule has 1 rings (SSSR count). The predicted octanol–water partition coefficient (Wildman–Crippen LogP) is 2.50. The molecule has 0 aliphatic heterocycles. The Kier molecular flexibility index (Phi) is 8.67. The van der Waals surface area contributed by atoms with Crippen LogP contribution in [0.2, 0.25) is 0 Å². The summed E-state index contributed by atoms with van der Waals surface area (Å²) in [5.41, 5.74) is 0. The molecule has 3 nitrogen and oxygen atoms in total. The van der Waals surface area contributed by atoms with Gasteiger partial charge in [-0.2, -0.15) is 0 Å². The van der Waals surface area contributed by atoms with Crippen molar-refractivity contribution in [2.75, 3.05) is 32.8 Å². The van der Waals surface area contributed by atoms with Crippen molar-refractivity contribution in [1.82, 2.24) is 10.2 Å². The van der Waals surface area contributed by atoms with E-state index in [0.29, 0.717) is 12.6 Å². The molecule has 0 bridgehead atoms. The number of rotatable bonds is 9. The predicted molar refractivity (Wildman–Crippen MR) is 82.4 cm³/mol. The largest absolute Gasteiger partial charge is 0.396 e. The van der Waals surface area contributed by atoms with E-state index in [4.69, 9.17) is 5.11 Å². The normalized spacial score (nSPS) is 27.9. The molecule has 1 aliphatic rings. The quantitative estimate of drug-likeness (QED) is 0.676. The standard InChI is InChI=1S/C16H34N2O/c1-4-14-8-9-16(17-5-2)15(12-14)13-18(6-3)10-7-11-19/h14-17,19H,4-13H2,1-3H3. The third-order valence-electron chi connectivity index (χ3n) is 4.71. The van der Waals surface area contributed by atoms with Crippen LogP contribution in [0.15, 0.2) is 0 Å². The fourth-order valence-corrected chi connectivity index (χ4v) is 3.47. The van der Waals surface area contributed by atoms with Gasteiger partial charge in [-0.25, -0.2) is 0 Å². The molecule has 2 N–H and O–H groups in total. The van der Waals surface area contributed by atoms with Gasteiger partial charge >= 0.3 is 0 Å². The molecule has 0 aromatic heterocycles. The minimum atomic E-state index is 0.315. The Bertz CT molecular complexity index is 223. The smallest absolute Gasteiger partial charge is 0.0443 e. The zero-order valence-corrected chi connectivity index (χ0v) is 13.2. The highest BCUT2D eigenvalue weighted by atomic mass is 16.3. The molecule has 0 amide bonds. The summed E-state index contributed by atoms with van der Waals surface area (Å²) in [5, 5.41) is 12.7. The maximum Gasteiger partial charge on any atom is 0.0443 e. The lowest BCUT2D eigenvalue weighted by atomic mass is 9.76. The first-order valence-corrected chi connectivity index (χ1v) is 8.31. The minimum Gasteiger partial charge on any atom is -0.396 e. The number of hydrogen-bond acceptors (Lipinski definition) is 3. The molecule has 0 radical (unpaired) electrons. The van der Waals surface area contributed by atoms with Crippen molar-refractivity contribution < 1.29 is 5.11 Å². The van der Waals surface area contributed by atoms with Crippen LogP contribution in [0, 0.1) is 11.8 Å². The molecule has 1 aliphatic carbocycles. The van der Waals surface area contributed by atoms with Crippen LogP contribution in [-0.2, 0) is 0 Å². The van der Waals surface area contributed by atoms with Crippen LogP contribution in [0.3, 0.4) is 0 Å². The average molecular weight is 270 g/mol. The van der Waals surface area contributed by atoms with Gasteiger partial charge in [-0.3, -0.25) is 0 Å². The van der Waals surface area contributed by atoms with Gasteiger partial charge in [0.15, 0.2) is 0 Å². The highest BCUT2D eigenvalue weighted by Gasteiger charge is 2.30. The minimum absolute atomic E-state index is 0.315. The third kappa shape index (κ3) is 5.80. The Morgan fingerprint density at radius 3 is 2.58 bits per heavy atom. The fourth-order valence-electron chi connectivity index (χ4n) is 3.47. The zero-order chi connectivity index (χ0) is 14.1. The number of nitrogens with zero attached hydrogens (tertiary/aromatic N) is 1. The van der Waals surface area contributed by atoms with E-state index < -0.39 is 0 Å². The van der Waals surface area contributed by atoms with E-state index in [9.17, 15) is 0 Å². The molecule has 3 atom stereocenters. The van der Waals surface area contributed by atoms with E-state index >= 15 is 0 Å². The second kappa shape index (κ2) is 9.73. The van der Waals surface area contributed by atoms with E-state index in [0.717, 1.165) is 37.9 Å². The highest BCUT2D eigenvalue weighted by molar-refractivity contribution is 4.86. The summed E-state index contributed by atoms with van der Waals surface area (Å²) in [4.78, 5) is 2.52. The average Bonchev–Trinajstić information content (AvgIpc) is 2.45. The third-order valence-corrected chi connectivity index (χ3v) is 4.71. The molecular weight excluding hydrogens is 236 g/mol. The Morgan fingerprint density at radius 1 is 1.21 bits per heavy atom. The van der Waals surface area contributed by atoms with Gasteiger partial charge in [-0.1, -0.05) is 27.2 Å². The molecule has 3 unspecified atom stereocenters. The second-order valence-electron chi connectivity index (χ2n) is 5.98. The van der Waals surface area contributed by atoms with E-state index in [2.05, 4.69) is 31.0 Å². The van der Waals surface area contributed by atoms with Crippen molar-refractivity contribution in [3.63, 3.8) is 0 Å². The molecule has 114 valence electrons. The summed E-state index contributed by atoms with van der Waals surface area (Å²) >= 11 is 0. The molecule has 1 saturated carbocycles. The number of aliphatic hydroxyl groups excluding tert-OH is 1. The van der Waals surface area contributed by atoms with Crippen LogP contribution < -0.4 is 5.32 Å². The van der Waals surface area contributed by atoms with Crippen LogP contribution in [0.1, 0.15) is 52.9 Å². The number of aliphatic hydroxyl groups is 1. The van der Waals surface area contributed by atoms with Gasteiger partial charge in [0, 0.05) is 25.7 Å². The van der Waals surface area contributed by atoms with Crippen molar-refractivity contribution in [2.24, 2.45) is 11.8 Å². The van der Waals surface area contributed by atoms with Crippen molar-refractivity contribution in [2.45, 2.75) is 58.9 Å². The Morgan fingerprint density at radius 2 is 2.00 bits per heavy atom. The molecule has 0 aromatic carbocycles. The van der Waals surface area contributed by atoms with Crippen molar-refractivity contribution in [1.29, 1.82) is 0 Å². The summed E-state index contributed by atoms with van der Waals surface area (Å²) in [6.45, 7) is 11.5. The fraction of sp³-hybridized carbons (Fsp3) is 1.00. The first kappa shape index (κ1) is 16.9. The maximum atomic E-state index is 8.99. The number of hydrogen-bond donors (Lipinski definition) is 2. The molecule has 0 aromatic rings. The van der Waals surface area contributed by atoms with Crippen molar-refractivity contribution >= 4 is 0 Å². The van der Waals surface area contributed by atoms with Crippen molar-refractivity contribution in [3.05, 3.63) is 0 Å². The molecule has 0 spiro atoms. The lowest BCUT2D eigenvalue weighted by Gasteiger charge is -2.39. The molecule has 0 heterocycles. The van der Waals surface area contributed by atoms with Gasteiger partial charge in [0.1, 0.15) is 0 Å². The van der Waals surface area contributed by atoms with Crippen LogP contribution >= 0.6 is 0 Å². The molecular formula is C16H34N2O. The lowest BCUT2D eigenvalue weighted by Crippen LogP contribution is -2.46. The van der Waals surface area contributed by atoms with Gasteiger partial charge in [0.2, 0.25) is 0 Å². The summed E-state index contributed by atoms with van der Waals surface area (Å²) in [6, 6.07) is 0.705. The first-order valence-electron chi connectivity index (χ1n) is 8.31. The molecule has 1 fully saturated rings. The van der Waals surface area contributed by atoms with Crippen LogP contribution in [0.4, 0.5) is 0 Å². The van der Waals surface area contributed by atoms with Gasteiger partial charge < -0.3 is 15.3 Å². The van der Waals surface area contributed by atoms with Gasteiger partial charge in [-0.05, 0) is 50.6 Å². The summed E-state index contributed by atoms with van der Waals surface area (Å²) in [6.07, 6.45) is 6.35. The SMILES string of the molecule is CCNC1CCC(CC)CC1CN(CC)CCCO. The monoisotopic (exact) mass is 270 g/mol. The Labute approximate surface area is 119 Å². The molecule has 0 saturated heterocycles. The van der Waals surface area contributed by atoms with E-state index in [1.807, 2.05) is 0 Å². The van der Waals surface area contributed by atoms with Gasteiger partial charge in [0.05, 0.1) is 0 Å². The lowest BCUT2D eigenvalue weighted by molar-refractivity contribution is 0.135. The summed E-state index contributed by atoms with van der Waals surface area (Å²) < 4.78 is 0. The molecule has 19 heavy (non-hydrogen) atoms. The molecule has 3 heteroatoms. The summed E-state index contributed by atoms with van der Waals surface area (Å²) in [5.74, 6) is 1.72. The zero-order valence-electron chi connectivity index (χ0n) is 13.2. The second-order valence-corrected chi connectivity index (χ2v) is 5.98. The Balaban J connectivity index is 2.51. The van der Waals surface area contributed by atoms with Crippen LogP contribution in [-0.4, -0.2) is 48.8 Å². The van der Waals surface area contributed by atoms with Crippen LogP contribution in [0.25, 0.3) is 0 Å². The van der Waals surface area contributed by atoms with Crippen molar-refractivity contribution in [3.8, 4) is 0 Å².